The zero-order valence-electron chi connectivity index (χ0n) is 14.2. The smallest absolute Gasteiger partial charge is 0.251 e. The molecule has 0 aliphatic carbocycles. The van der Waals surface area contributed by atoms with Gasteiger partial charge < -0.3 is 5.32 Å². The van der Waals surface area contributed by atoms with Crippen LogP contribution in [0.5, 0.6) is 0 Å². The van der Waals surface area contributed by atoms with E-state index in [1.165, 1.54) is 0 Å². The normalized spacial score (nSPS) is 15.7. The Morgan fingerprint density at radius 1 is 1.12 bits per heavy atom. The topological polar surface area (TPSA) is 66.5 Å². The van der Waals surface area contributed by atoms with Gasteiger partial charge in [0.2, 0.25) is 11.8 Å². The molecule has 0 bridgehead atoms. The van der Waals surface area contributed by atoms with Crippen LogP contribution in [-0.4, -0.2) is 17.7 Å². The number of imide groups is 1. The van der Waals surface area contributed by atoms with E-state index in [1.807, 2.05) is 17.5 Å². The fraction of sp³-hybridized carbons (Fsp3) is 0.316. The summed E-state index contributed by atoms with van der Waals surface area (Å²) in [5.74, 6) is -0.414. The minimum absolute atomic E-state index is 0.0776. The van der Waals surface area contributed by atoms with Crippen LogP contribution in [0.4, 0.5) is 5.69 Å². The number of carbonyl (C=O) groups is 3. The highest BCUT2D eigenvalue weighted by Crippen LogP contribution is 2.27. The molecule has 2 heterocycles. The van der Waals surface area contributed by atoms with Crippen LogP contribution in [0.3, 0.4) is 0 Å². The first-order chi connectivity index (χ1) is 12.0. The van der Waals surface area contributed by atoms with Gasteiger partial charge in [-0.25, -0.2) is 0 Å². The molecular weight excluding hydrogens is 336 g/mol. The fourth-order valence-electron chi connectivity index (χ4n) is 2.91. The molecule has 130 valence electrons. The van der Waals surface area contributed by atoms with E-state index in [2.05, 4.69) is 19.2 Å². The lowest BCUT2D eigenvalue weighted by Crippen LogP contribution is -2.32. The van der Waals surface area contributed by atoms with Gasteiger partial charge in [0.25, 0.3) is 5.91 Å². The molecule has 1 aliphatic heterocycles. The highest BCUT2D eigenvalue weighted by atomic mass is 32.1. The number of benzene rings is 1. The summed E-state index contributed by atoms with van der Waals surface area (Å²) < 4.78 is 0. The summed E-state index contributed by atoms with van der Waals surface area (Å²) in [5.41, 5.74) is 0.893. The number of carbonyl (C=O) groups excluding carboxylic acids is 3. The first-order valence-corrected chi connectivity index (χ1v) is 9.15. The fourth-order valence-corrected chi connectivity index (χ4v) is 3.86. The quantitative estimate of drug-likeness (QED) is 0.834. The van der Waals surface area contributed by atoms with Crippen LogP contribution >= 0.6 is 11.3 Å². The van der Waals surface area contributed by atoms with E-state index in [9.17, 15) is 14.4 Å². The van der Waals surface area contributed by atoms with Crippen molar-refractivity contribution in [1.82, 2.24) is 5.32 Å². The lowest BCUT2D eigenvalue weighted by Gasteiger charge is -2.22. The van der Waals surface area contributed by atoms with Crippen molar-refractivity contribution >= 4 is 34.7 Å². The lowest BCUT2D eigenvalue weighted by atomic mass is 10.0. The summed E-state index contributed by atoms with van der Waals surface area (Å²) in [6.45, 7) is 4.12. The number of hydrogen-bond acceptors (Lipinski definition) is 4. The summed E-state index contributed by atoms with van der Waals surface area (Å²) >= 11 is 1.61. The van der Waals surface area contributed by atoms with E-state index in [1.54, 1.807) is 35.6 Å². The van der Waals surface area contributed by atoms with Crippen molar-refractivity contribution in [2.75, 3.05) is 4.90 Å². The second kappa shape index (κ2) is 7.19. The van der Waals surface area contributed by atoms with Gasteiger partial charge in [0, 0.05) is 23.3 Å². The number of nitrogens with zero attached hydrogens (tertiary/aromatic N) is 1. The van der Waals surface area contributed by atoms with Crippen LogP contribution in [0.25, 0.3) is 0 Å². The first-order valence-electron chi connectivity index (χ1n) is 8.27. The highest BCUT2D eigenvalue weighted by molar-refractivity contribution is 7.10. The lowest BCUT2D eigenvalue weighted by molar-refractivity contribution is -0.121. The minimum Gasteiger partial charge on any atom is -0.344 e. The van der Waals surface area contributed by atoms with Crippen molar-refractivity contribution in [1.29, 1.82) is 0 Å². The average molecular weight is 356 g/mol. The molecule has 0 radical (unpaired) electrons. The second-order valence-corrected chi connectivity index (χ2v) is 7.36. The van der Waals surface area contributed by atoms with Crippen molar-refractivity contribution in [3.8, 4) is 0 Å². The summed E-state index contributed by atoms with van der Waals surface area (Å²) in [5, 5.41) is 5.05. The second-order valence-electron chi connectivity index (χ2n) is 6.38. The van der Waals surface area contributed by atoms with Gasteiger partial charge in [-0.05, 0) is 35.6 Å². The van der Waals surface area contributed by atoms with Crippen LogP contribution in [0.2, 0.25) is 0 Å². The van der Waals surface area contributed by atoms with Crippen LogP contribution in [-0.2, 0) is 9.59 Å². The third-order valence-electron chi connectivity index (χ3n) is 4.22. The average Bonchev–Trinajstić information content (AvgIpc) is 3.22. The molecule has 0 saturated carbocycles. The molecule has 5 nitrogen and oxygen atoms in total. The van der Waals surface area contributed by atoms with E-state index in [0.717, 1.165) is 9.78 Å². The maximum absolute atomic E-state index is 12.7. The summed E-state index contributed by atoms with van der Waals surface area (Å²) in [7, 11) is 0. The van der Waals surface area contributed by atoms with Gasteiger partial charge in [-0.3, -0.25) is 19.3 Å². The Bertz CT molecular complexity index is 783. The van der Waals surface area contributed by atoms with Crippen LogP contribution < -0.4 is 10.2 Å². The molecule has 6 heteroatoms. The molecule has 1 aromatic heterocycles. The van der Waals surface area contributed by atoms with E-state index in [-0.39, 0.29) is 42.5 Å². The van der Waals surface area contributed by atoms with Gasteiger partial charge in [0.1, 0.15) is 0 Å². The zero-order valence-corrected chi connectivity index (χ0v) is 15.0. The standard InChI is InChI=1S/C19H20N2O3S/c1-12(2)18(15-7-4-10-25-15)20-19(24)13-5-3-6-14(11-13)21-16(22)8-9-17(21)23/h3-7,10-12,18H,8-9H2,1-2H3,(H,20,24). The number of nitrogens with one attached hydrogen (secondary N) is 1. The van der Waals surface area contributed by atoms with Gasteiger partial charge in [0.15, 0.2) is 0 Å². The maximum atomic E-state index is 12.7. The largest absolute Gasteiger partial charge is 0.344 e. The molecule has 3 amide bonds. The molecule has 1 aromatic carbocycles. The Kier molecular flexibility index (Phi) is 4.99. The van der Waals surface area contributed by atoms with Gasteiger partial charge >= 0.3 is 0 Å². The number of anilines is 1. The molecule has 1 unspecified atom stereocenters. The molecular formula is C19H20N2O3S. The van der Waals surface area contributed by atoms with Crippen LogP contribution in [0.1, 0.15) is 48.0 Å². The monoisotopic (exact) mass is 356 g/mol. The van der Waals surface area contributed by atoms with Gasteiger partial charge in [0.05, 0.1) is 11.7 Å². The Morgan fingerprint density at radius 2 is 1.84 bits per heavy atom. The predicted molar refractivity (Wildman–Crippen MR) is 97.5 cm³/mol. The van der Waals surface area contributed by atoms with E-state index in [0.29, 0.717) is 11.3 Å². The molecule has 1 N–H and O–H groups in total. The minimum atomic E-state index is -0.221. The van der Waals surface area contributed by atoms with Gasteiger partial charge in [-0.2, -0.15) is 0 Å². The highest BCUT2D eigenvalue weighted by Gasteiger charge is 2.30. The summed E-state index contributed by atoms with van der Waals surface area (Å²) in [6.07, 6.45) is 0.451. The first kappa shape index (κ1) is 17.4. The maximum Gasteiger partial charge on any atom is 0.251 e. The molecule has 1 atom stereocenters. The molecule has 1 saturated heterocycles. The van der Waals surface area contributed by atoms with E-state index in [4.69, 9.17) is 0 Å². The third kappa shape index (κ3) is 3.64. The van der Waals surface area contributed by atoms with Crippen LogP contribution in [0.15, 0.2) is 41.8 Å². The Labute approximate surface area is 150 Å². The Morgan fingerprint density at radius 3 is 2.44 bits per heavy atom. The molecule has 1 fully saturated rings. The third-order valence-corrected chi connectivity index (χ3v) is 5.18. The number of rotatable bonds is 5. The number of thiophene rings is 1. The van der Waals surface area contributed by atoms with Gasteiger partial charge in [-0.1, -0.05) is 26.0 Å². The predicted octanol–water partition coefficient (Wildman–Crippen LogP) is 3.53. The van der Waals surface area contributed by atoms with Crippen molar-refractivity contribution in [2.24, 2.45) is 5.92 Å². The zero-order chi connectivity index (χ0) is 18.0. The summed E-state index contributed by atoms with van der Waals surface area (Å²) in [6, 6.07) is 10.6. The van der Waals surface area contributed by atoms with Crippen molar-refractivity contribution in [3.63, 3.8) is 0 Å². The van der Waals surface area contributed by atoms with Gasteiger partial charge in [-0.15, -0.1) is 11.3 Å². The van der Waals surface area contributed by atoms with E-state index >= 15 is 0 Å². The molecule has 2 aromatic rings. The van der Waals surface area contributed by atoms with E-state index < -0.39 is 0 Å². The SMILES string of the molecule is CC(C)C(NC(=O)c1cccc(N2C(=O)CCC2=O)c1)c1cccs1. The summed E-state index contributed by atoms with van der Waals surface area (Å²) in [4.78, 5) is 38.7. The Balaban J connectivity index is 1.82. The molecule has 0 spiro atoms. The molecule has 25 heavy (non-hydrogen) atoms. The number of amides is 3. The molecule has 3 rings (SSSR count). The molecule has 1 aliphatic rings. The van der Waals surface area contributed by atoms with Crippen molar-refractivity contribution < 1.29 is 14.4 Å². The number of hydrogen-bond donors (Lipinski definition) is 1. The Hall–Kier alpha value is -2.47. The van der Waals surface area contributed by atoms with Crippen molar-refractivity contribution in [3.05, 3.63) is 52.2 Å². The van der Waals surface area contributed by atoms with Crippen molar-refractivity contribution in [2.45, 2.75) is 32.7 Å². The van der Waals surface area contributed by atoms with Crippen LogP contribution in [0, 0.1) is 5.92 Å².